The van der Waals surface area contributed by atoms with Gasteiger partial charge in [0.05, 0.1) is 0 Å². The molecule has 0 spiro atoms. The van der Waals surface area contributed by atoms with Gasteiger partial charge in [0, 0.05) is 5.56 Å². The van der Waals surface area contributed by atoms with E-state index in [1.165, 1.54) is 0 Å². The van der Waals surface area contributed by atoms with Crippen molar-refractivity contribution in [3.05, 3.63) is 42.5 Å². The third-order valence-corrected chi connectivity index (χ3v) is 2.50. The van der Waals surface area contributed by atoms with Gasteiger partial charge >= 0.3 is 5.97 Å². The summed E-state index contributed by atoms with van der Waals surface area (Å²) < 4.78 is 5.29. The molecule has 0 aliphatic heterocycles. The Balaban J connectivity index is 2.67. The van der Waals surface area contributed by atoms with Crippen LogP contribution in [-0.2, 0) is 4.79 Å². The summed E-state index contributed by atoms with van der Waals surface area (Å²) >= 11 is 0. The summed E-state index contributed by atoms with van der Waals surface area (Å²) in [5.74, 6) is -0.826. The fourth-order valence-electron chi connectivity index (χ4n) is 1.44. The van der Waals surface area contributed by atoms with Crippen LogP contribution in [-0.4, -0.2) is 29.6 Å². The molecule has 0 aliphatic rings. The number of ether oxygens (including phenoxy) is 1. The molecule has 19 heavy (non-hydrogen) atoms. The predicted octanol–water partition coefficient (Wildman–Crippen LogP) is 1.84. The highest BCUT2D eigenvalue weighted by molar-refractivity contribution is 5.96. The molecule has 0 heterocycles. The van der Waals surface area contributed by atoms with Gasteiger partial charge in [0.1, 0.15) is 18.4 Å². The maximum absolute atomic E-state index is 11.8. The summed E-state index contributed by atoms with van der Waals surface area (Å²) in [4.78, 5) is 22.6. The van der Waals surface area contributed by atoms with E-state index < -0.39 is 17.9 Å². The van der Waals surface area contributed by atoms with E-state index in [1.54, 1.807) is 37.3 Å². The Morgan fingerprint density at radius 1 is 1.42 bits per heavy atom. The van der Waals surface area contributed by atoms with Crippen molar-refractivity contribution in [2.24, 2.45) is 0 Å². The molecule has 1 aromatic carbocycles. The van der Waals surface area contributed by atoms with Crippen molar-refractivity contribution in [3.8, 4) is 5.75 Å². The number of amides is 1. The third kappa shape index (κ3) is 4.46. The average molecular weight is 263 g/mol. The first-order chi connectivity index (χ1) is 9.08. The lowest BCUT2D eigenvalue weighted by atomic mass is 10.1. The van der Waals surface area contributed by atoms with Crippen molar-refractivity contribution >= 4 is 11.9 Å². The summed E-state index contributed by atoms with van der Waals surface area (Å²) in [6.45, 7) is 5.63. The Bertz CT molecular complexity index is 453. The molecular formula is C14H17NO4. The van der Waals surface area contributed by atoms with E-state index in [-0.39, 0.29) is 0 Å². The number of hydrogen-bond donors (Lipinski definition) is 2. The first-order valence-electron chi connectivity index (χ1n) is 5.96. The second-order valence-corrected chi connectivity index (χ2v) is 3.90. The van der Waals surface area contributed by atoms with Crippen LogP contribution in [0, 0.1) is 0 Å². The highest BCUT2D eigenvalue weighted by Crippen LogP contribution is 2.12. The van der Waals surface area contributed by atoms with Crippen molar-refractivity contribution in [2.75, 3.05) is 6.61 Å². The number of carbonyl (C=O) groups excluding carboxylic acids is 1. The topological polar surface area (TPSA) is 75.6 Å². The molecule has 0 saturated heterocycles. The molecule has 0 radical (unpaired) electrons. The maximum atomic E-state index is 11.8. The van der Waals surface area contributed by atoms with Gasteiger partial charge in [-0.15, -0.1) is 0 Å². The summed E-state index contributed by atoms with van der Waals surface area (Å²) in [5.41, 5.74) is 0.394. The number of carbonyl (C=O) groups is 2. The largest absolute Gasteiger partial charge is 0.490 e. The van der Waals surface area contributed by atoms with E-state index in [0.29, 0.717) is 24.3 Å². The van der Waals surface area contributed by atoms with E-state index in [9.17, 15) is 9.59 Å². The van der Waals surface area contributed by atoms with Crippen LogP contribution >= 0.6 is 0 Å². The number of carboxylic acid groups (broad SMARTS) is 1. The Morgan fingerprint density at radius 2 is 2.05 bits per heavy atom. The number of benzene rings is 1. The van der Waals surface area contributed by atoms with Crippen LogP contribution in [0.5, 0.6) is 5.75 Å². The summed E-state index contributed by atoms with van der Waals surface area (Å²) in [5, 5.41) is 11.3. The van der Waals surface area contributed by atoms with Crippen LogP contribution in [0.3, 0.4) is 0 Å². The molecule has 102 valence electrons. The molecule has 1 aromatic rings. The Kier molecular flexibility index (Phi) is 5.60. The summed E-state index contributed by atoms with van der Waals surface area (Å²) in [6, 6.07) is 5.61. The molecule has 5 heteroatoms. The van der Waals surface area contributed by atoms with Gasteiger partial charge in [0.25, 0.3) is 5.91 Å². The number of aliphatic carboxylic acids is 1. The van der Waals surface area contributed by atoms with Crippen LogP contribution in [0.25, 0.3) is 0 Å². The van der Waals surface area contributed by atoms with E-state index >= 15 is 0 Å². The molecular weight excluding hydrogens is 246 g/mol. The standard InChI is InChI=1S/C14H17NO4/c1-3-9-19-11-7-5-10(6-8-11)13(16)15-12(4-2)14(17)18/h3,5-8,12H,1,4,9H2,2H3,(H,15,16)(H,17,18). The van der Waals surface area contributed by atoms with Crippen LogP contribution in [0.15, 0.2) is 36.9 Å². The fraction of sp³-hybridized carbons (Fsp3) is 0.286. The van der Waals surface area contributed by atoms with Crippen LogP contribution in [0.2, 0.25) is 0 Å². The van der Waals surface area contributed by atoms with Crippen molar-refractivity contribution in [3.63, 3.8) is 0 Å². The third-order valence-electron chi connectivity index (χ3n) is 2.50. The molecule has 2 N–H and O–H groups in total. The molecule has 1 amide bonds. The van der Waals surface area contributed by atoms with Crippen LogP contribution in [0.1, 0.15) is 23.7 Å². The van der Waals surface area contributed by atoms with E-state index in [1.807, 2.05) is 0 Å². The van der Waals surface area contributed by atoms with Gasteiger partial charge in [-0.25, -0.2) is 4.79 Å². The van der Waals surface area contributed by atoms with Gasteiger partial charge in [0.2, 0.25) is 0 Å². The highest BCUT2D eigenvalue weighted by Gasteiger charge is 2.18. The minimum atomic E-state index is -1.04. The molecule has 0 bridgehead atoms. The molecule has 5 nitrogen and oxygen atoms in total. The van der Waals surface area contributed by atoms with Crippen molar-refractivity contribution in [1.82, 2.24) is 5.32 Å². The smallest absolute Gasteiger partial charge is 0.326 e. The fourth-order valence-corrected chi connectivity index (χ4v) is 1.44. The van der Waals surface area contributed by atoms with Crippen molar-refractivity contribution in [2.45, 2.75) is 19.4 Å². The van der Waals surface area contributed by atoms with Crippen LogP contribution in [0.4, 0.5) is 0 Å². The first kappa shape index (κ1) is 14.8. The summed E-state index contributed by atoms with van der Waals surface area (Å²) in [7, 11) is 0. The lowest BCUT2D eigenvalue weighted by Crippen LogP contribution is -2.40. The van der Waals surface area contributed by atoms with Gasteiger partial charge in [-0.05, 0) is 30.7 Å². The molecule has 1 rings (SSSR count). The lowest BCUT2D eigenvalue weighted by Gasteiger charge is -2.12. The number of rotatable bonds is 7. The van der Waals surface area contributed by atoms with Crippen molar-refractivity contribution < 1.29 is 19.4 Å². The zero-order valence-corrected chi connectivity index (χ0v) is 10.8. The summed E-state index contributed by atoms with van der Waals surface area (Å²) in [6.07, 6.45) is 1.96. The van der Waals surface area contributed by atoms with Gasteiger partial charge in [-0.1, -0.05) is 19.6 Å². The van der Waals surface area contributed by atoms with Gasteiger partial charge in [-0.3, -0.25) is 4.79 Å². The minimum Gasteiger partial charge on any atom is -0.490 e. The predicted molar refractivity (Wildman–Crippen MR) is 71.3 cm³/mol. The van der Waals surface area contributed by atoms with Crippen molar-refractivity contribution in [1.29, 1.82) is 0 Å². The number of nitrogens with one attached hydrogen (secondary N) is 1. The SMILES string of the molecule is C=CCOc1ccc(C(=O)NC(CC)C(=O)O)cc1. The number of hydrogen-bond acceptors (Lipinski definition) is 3. The average Bonchev–Trinajstić information content (AvgIpc) is 2.42. The second kappa shape index (κ2) is 7.20. The second-order valence-electron chi connectivity index (χ2n) is 3.90. The zero-order chi connectivity index (χ0) is 14.3. The molecule has 0 fully saturated rings. The Labute approximate surface area is 111 Å². The molecule has 0 aromatic heterocycles. The Morgan fingerprint density at radius 3 is 2.53 bits per heavy atom. The normalized spacial score (nSPS) is 11.4. The van der Waals surface area contributed by atoms with Crippen LogP contribution < -0.4 is 10.1 Å². The zero-order valence-electron chi connectivity index (χ0n) is 10.8. The lowest BCUT2D eigenvalue weighted by molar-refractivity contribution is -0.139. The number of carboxylic acids is 1. The first-order valence-corrected chi connectivity index (χ1v) is 5.96. The highest BCUT2D eigenvalue weighted by atomic mass is 16.5. The Hall–Kier alpha value is -2.30. The van der Waals surface area contributed by atoms with Gasteiger partial charge in [-0.2, -0.15) is 0 Å². The van der Waals surface area contributed by atoms with E-state index in [0.717, 1.165) is 0 Å². The molecule has 1 unspecified atom stereocenters. The molecule has 1 atom stereocenters. The maximum Gasteiger partial charge on any atom is 0.326 e. The van der Waals surface area contributed by atoms with Gasteiger partial charge < -0.3 is 15.2 Å². The van der Waals surface area contributed by atoms with E-state index in [4.69, 9.17) is 9.84 Å². The molecule has 0 aliphatic carbocycles. The quantitative estimate of drug-likeness (QED) is 0.736. The monoisotopic (exact) mass is 263 g/mol. The van der Waals surface area contributed by atoms with Gasteiger partial charge in [0.15, 0.2) is 0 Å². The van der Waals surface area contributed by atoms with E-state index in [2.05, 4.69) is 11.9 Å². The minimum absolute atomic E-state index is 0.335. The molecule has 0 saturated carbocycles.